The van der Waals surface area contributed by atoms with E-state index in [4.69, 9.17) is 4.74 Å². The number of carboxylic acids is 1. The normalized spacial score (nSPS) is 18.2. The molecular formula is C17H22FNO4. The SMILES string of the molecule is Cc1cc(C(NC(=O)C(C)C2CCOCC2)C(=O)O)ccc1F. The van der Waals surface area contributed by atoms with Crippen molar-refractivity contribution in [2.75, 3.05) is 13.2 Å². The van der Waals surface area contributed by atoms with Crippen molar-refractivity contribution in [2.24, 2.45) is 11.8 Å². The summed E-state index contributed by atoms with van der Waals surface area (Å²) in [6.45, 7) is 4.62. The van der Waals surface area contributed by atoms with Gasteiger partial charge in [0.15, 0.2) is 6.04 Å². The Morgan fingerprint density at radius 1 is 1.35 bits per heavy atom. The van der Waals surface area contributed by atoms with Gasteiger partial charge in [0, 0.05) is 19.1 Å². The third kappa shape index (κ3) is 4.28. The minimum atomic E-state index is -1.18. The van der Waals surface area contributed by atoms with Gasteiger partial charge in [-0.2, -0.15) is 0 Å². The van der Waals surface area contributed by atoms with Crippen molar-refractivity contribution in [1.29, 1.82) is 0 Å². The van der Waals surface area contributed by atoms with Crippen molar-refractivity contribution in [3.8, 4) is 0 Å². The molecule has 23 heavy (non-hydrogen) atoms. The Hall–Kier alpha value is -1.95. The Morgan fingerprint density at radius 3 is 2.57 bits per heavy atom. The molecule has 2 rings (SSSR count). The van der Waals surface area contributed by atoms with Gasteiger partial charge in [-0.15, -0.1) is 0 Å². The number of hydrogen-bond acceptors (Lipinski definition) is 3. The minimum absolute atomic E-state index is 0.188. The summed E-state index contributed by atoms with van der Waals surface area (Å²) in [5.74, 6) is -1.97. The average molecular weight is 323 g/mol. The van der Waals surface area contributed by atoms with Crippen molar-refractivity contribution in [1.82, 2.24) is 5.32 Å². The Labute approximate surface area is 134 Å². The molecule has 1 heterocycles. The molecule has 1 aliphatic rings. The lowest BCUT2D eigenvalue weighted by atomic mass is 9.86. The van der Waals surface area contributed by atoms with Crippen LogP contribution in [0.5, 0.6) is 0 Å². The average Bonchev–Trinajstić information content (AvgIpc) is 2.55. The maximum Gasteiger partial charge on any atom is 0.330 e. The number of halogens is 1. The molecule has 1 aliphatic heterocycles. The molecule has 0 spiro atoms. The Balaban J connectivity index is 2.10. The molecule has 0 bridgehead atoms. The molecule has 5 nitrogen and oxygen atoms in total. The molecule has 1 aromatic carbocycles. The van der Waals surface area contributed by atoms with Crippen molar-refractivity contribution in [3.63, 3.8) is 0 Å². The summed E-state index contributed by atoms with van der Waals surface area (Å²) in [6, 6.07) is 2.88. The second-order valence-corrected chi connectivity index (χ2v) is 6.03. The summed E-state index contributed by atoms with van der Waals surface area (Å²) < 4.78 is 18.6. The monoisotopic (exact) mass is 323 g/mol. The van der Waals surface area contributed by atoms with E-state index >= 15 is 0 Å². The number of ether oxygens (including phenoxy) is 1. The Bertz CT molecular complexity index is 584. The molecule has 0 saturated carbocycles. The largest absolute Gasteiger partial charge is 0.479 e. The summed E-state index contributed by atoms with van der Waals surface area (Å²) in [4.78, 5) is 23.9. The third-order valence-corrected chi connectivity index (χ3v) is 4.44. The highest BCUT2D eigenvalue weighted by Gasteiger charge is 2.30. The number of aliphatic carboxylic acids is 1. The van der Waals surface area contributed by atoms with Crippen LogP contribution in [-0.2, 0) is 14.3 Å². The number of nitrogens with one attached hydrogen (secondary N) is 1. The van der Waals surface area contributed by atoms with Gasteiger partial charge in [0.25, 0.3) is 0 Å². The number of hydrogen-bond donors (Lipinski definition) is 2. The molecule has 2 atom stereocenters. The van der Waals surface area contributed by atoms with Gasteiger partial charge in [0.05, 0.1) is 0 Å². The number of benzene rings is 1. The van der Waals surface area contributed by atoms with Gasteiger partial charge < -0.3 is 15.2 Å². The summed E-state index contributed by atoms with van der Waals surface area (Å²) in [5, 5.41) is 12.0. The number of aryl methyl sites for hydroxylation is 1. The second kappa shape index (κ2) is 7.55. The second-order valence-electron chi connectivity index (χ2n) is 6.03. The first-order chi connectivity index (χ1) is 10.9. The molecule has 1 fully saturated rings. The lowest BCUT2D eigenvalue weighted by Crippen LogP contribution is -2.40. The number of carbonyl (C=O) groups excluding carboxylic acids is 1. The van der Waals surface area contributed by atoms with Crippen LogP contribution in [0, 0.1) is 24.6 Å². The zero-order valence-corrected chi connectivity index (χ0v) is 13.3. The molecule has 2 unspecified atom stereocenters. The van der Waals surface area contributed by atoms with Gasteiger partial charge in [-0.25, -0.2) is 9.18 Å². The van der Waals surface area contributed by atoms with E-state index in [1.54, 1.807) is 13.8 Å². The molecule has 1 saturated heterocycles. The van der Waals surface area contributed by atoms with E-state index in [0.717, 1.165) is 12.8 Å². The summed E-state index contributed by atoms with van der Waals surface area (Å²) >= 11 is 0. The van der Waals surface area contributed by atoms with Crippen LogP contribution >= 0.6 is 0 Å². The first-order valence-electron chi connectivity index (χ1n) is 7.77. The predicted molar refractivity (Wildman–Crippen MR) is 82.4 cm³/mol. The van der Waals surface area contributed by atoms with E-state index < -0.39 is 17.8 Å². The molecule has 0 aliphatic carbocycles. The van der Waals surface area contributed by atoms with Crippen LogP contribution in [0.2, 0.25) is 0 Å². The van der Waals surface area contributed by atoms with Crippen LogP contribution in [0.3, 0.4) is 0 Å². The highest BCUT2D eigenvalue weighted by Crippen LogP contribution is 2.25. The van der Waals surface area contributed by atoms with Crippen molar-refractivity contribution < 1.29 is 23.8 Å². The van der Waals surface area contributed by atoms with Gasteiger partial charge in [-0.05, 0) is 42.9 Å². The molecule has 1 amide bonds. The summed E-state index contributed by atoms with van der Waals surface area (Å²) in [5.41, 5.74) is 0.712. The van der Waals surface area contributed by atoms with Crippen molar-refractivity contribution in [2.45, 2.75) is 32.7 Å². The fourth-order valence-electron chi connectivity index (χ4n) is 2.84. The van der Waals surface area contributed by atoms with E-state index in [9.17, 15) is 19.1 Å². The smallest absolute Gasteiger partial charge is 0.330 e. The Morgan fingerprint density at radius 2 is 2.00 bits per heavy atom. The van der Waals surface area contributed by atoms with E-state index in [0.29, 0.717) is 24.3 Å². The van der Waals surface area contributed by atoms with Crippen LogP contribution in [0.15, 0.2) is 18.2 Å². The Kier molecular flexibility index (Phi) is 5.71. The van der Waals surface area contributed by atoms with E-state index in [2.05, 4.69) is 5.32 Å². The highest BCUT2D eigenvalue weighted by molar-refractivity contribution is 5.85. The molecule has 6 heteroatoms. The lowest BCUT2D eigenvalue weighted by molar-refractivity contribution is -0.143. The standard InChI is InChI=1S/C17H22FNO4/c1-10-9-13(3-4-14(10)18)15(17(21)22)19-16(20)11(2)12-5-7-23-8-6-12/h3-4,9,11-12,15H,5-8H2,1-2H3,(H,19,20)(H,21,22). The zero-order valence-electron chi connectivity index (χ0n) is 13.3. The molecule has 0 aromatic heterocycles. The maximum atomic E-state index is 13.4. The van der Waals surface area contributed by atoms with Crippen LogP contribution in [-0.4, -0.2) is 30.2 Å². The van der Waals surface area contributed by atoms with Gasteiger partial charge in [-0.3, -0.25) is 4.79 Å². The minimum Gasteiger partial charge on any atom is -0.479 e. The lowest BCUT2D eigenvalue weighted by Gasteiger charge is -2.28. The van der Waals surface area contributed by atoms with Gasteiger partial charge >= 0.3 is 5.97 Å². The van der Waals surface area contributed by atoms with Crippen LogP contribution in [0.25, 0.3) is 0 Å². The molecule has 1 aromatic rings. The van der Waals surface area contributed by atoms with Crippen LogP contribution < -0.4 is 5.32 Å². The molecular weight excluding hydrogens is 301 g/mol. The predicted octanol–water partition coefficient (Wildman–Crippen LogP) is 2.44. The zero-order chi connectivity index (χ0) is 17.0. The van der Waals surface area contributed by atoms with Crippen molar-refractivity contribution in [3.05, 3.63) is 35.1 Å². The van der Waals surface area contributed by atoms with Crippen LogP contribution in [0.1, 0.15) is 36.9 Å². The van der Waals surface area contributed by atoms with Crippen LogP contribution in [0.4, 0.5) is 4.39 Å². The molecule has 126 valence electrons. The number of carboxylic acid groups (broad SMARTS) is 1. The fraction of sp³-hybridized carbons (Fsp3) is 0.529. The summed E-state index contributed by atoms with van der Waals surface area (Å²) in [7, 11) is 0. The van der Waals surface area contributed by atoms with E-state index in [1.165, 1.54) is 18.2 Å². The third-order valence-electron chi connectivity index (χ3n) is 4.44. The maximum absolute atomic E-state index is 13.4. The van der Waals surface area contributed by atoms with Gasteiger partial charge in [0.1, 0.15) is 5.82 Å². The number of amides is 1. The molecule has 0 radical (unpaired) electrons. The first-order valence-corrected chi connectivity index (χ1v) is 7.77. The van der Waals surface area contributed by atoms with Gasteiger partial charge in [0.2, 0.25) is 5.91 Å². The topological polar surface area (TPSA) is 75.6 Å². The van der Waals surface area contributed by atoms with Gasteiger partial charge in [-0.1, -0.05) is 19.1 Å². The molecule has 2 N–H and O–H groups in total. The van der Waals surface area contributed by atoms with E-state index in [1.807, 2.05) is 0 Å². The highest BCUT2D eigenvalue weighted by atomic mass is 19.1. The first kappa shape index (κ1) is 17.4. The van der Waals surface area contributed by atoms with Crippen molar-refractivity contribution >= 4 is 11.9 Å². The fourth-order valence-corrected chi connectivity index (χ4v) is 2.84. The number of rotatable bonds is 5. The summed E-state index contributed by atoms with van der Waals surface area (Å²) in [6.07, 6.45) is 1.59. The number of carbonyl (C=O) groups is 2. The van der Waals surface area contributed by atoms with E-state index in [-0.39, 0.29) is 17.7 Å². The quantitative estimate of drug-likeness (QED) is 0.873.